The maximum Gasteiger partial charge on any atom is 0.326 e. The van der Waals surface area contributed by atoms with Gasteiger partial charge >= 0.3 is 5.97 Å². The van der Waals surface area contributed by atoms with Gasteiger partial charge in [-0.25, -0.2) is 9.78 Å². The average molecular weight is 229 g/mol. The van der Waals surface area contributed by atoms with Gasteiger partial charge in [0.25, 0.3) is 0 Å². The summed E-state index contributed by atoms with van der Waals surface area (Å²) in [6.07, 6.45) is 0.577. The molecular weight excluding hydrogens is 214 g/mol. The number of nitrogens with zero attached hydrogens (tertiary/aromatic N) is 2. The third kappa shape index (κ3) is 3.83. The maximum absolute atomic E-state index is 10.9. The number of aliphatic carboxylic acids is 1. The smallest absolute Gasteiger partial charge is 0.326 e. The van der Waals surface area contributed by atoms with E-state index >= 15 is 0 Å². The Bertz CT molecular complexity index is 338. The number of carbonyl (C=O) groups is 1. The van der Waals surface area contributed by atoms with Crippen molar-refractivity contribution in [2.75, 3.05) is 5.32 Å². The minimum Gasteiger partial charge on any atom is -0.480 e. The molecule has 1 atom stereocenters. The van der Waals surface area contributed by atoms with Crippen molar-refractivity contribution in [3.8, 4) is 0 Å². The molecule has 0 aromatic carbocycles. The van der Waals surface area contributed by atoms with Crippen molar-refractivity contribution in [2.45, 2.75) is 33.2 Å². The van der Waals surface area contributed by atoms with Crippen molar-refractivity contribution in [1.82, 2.24) is 9.36 Å². The number of anilines is 1. The van der Waals surface area contributed by atoms with Crippen molar-refractivity contribution < 1.29 is 9.90 Å². The van der Waals surface area contributed by atoms with Crippen LogP contribution in [0.25, 0.3) is 0 Å². The number of rotatable bonds is 5. The first-order valence-corrected chi connectivity index (χ1v) is 5.56. The fourth-order valence-corrected chi connectivity index (χ4v) is 1.82. The highest BCUT2D eigenvalue weighted by Crippen LogP contribution is 2.15. The van der Waals surface area contributed by atoms with Gasteiger partial charge in [0, 0.05) is 11.5 Å². The SMILES string of the molecule is Cc1nsc(N[C@H](CC(C)C)C(=O)O)n1. The molecule has 1 heterocycles. The number of carboxylic acids is 1. The normalized spacial score (nSPS) is 12.8. The predicted octanol–water partition coefficient (Wildman–Crippen LogP) is 1.76. The number of aromatic nitrogens is 2. The van der Waals surface area contributed by atoms with Gasteiger partial charge in [-0.05, 0) is 19.3 Å². The largest absolute Gasteiger partial charge is 0.480 e. The van der Waals surface area contributed by atoms with Crippen LogP contribution in [0.5, 0.6) is 0 Å². The average Bonchev–Trinajstić information content (AvgIpc) is 2.49. The van der Waals surface area contributed by atoms with Crippen LogP contribution in [-0.2, 0) is 4.79 Å². The van der Waals surface area contributed by atoms with E-state index in [0.29, 0.717) is 23.3 Å². The van der Waals surface area contributed by atoms with Crippen molar-refractivity contribution in [2.24, 2.45) is 5.92 Å². The van der Waals surface area contributed by atoms with E-state index in [1.165, 1.54) is 11.5 Å². The van der Waals surface area contributed by atoms with E-state index in [1.54, 1.807) is 6.92 Å². The lowest BCUT2D eigenvalue weighted by atomic mass is 10.0. The van der Waals surface area contributed by atoms with Crippen LogP contribution >= 0.6 is 11.5 Å². The molecular formula is C9H15N3O2S. The molecule has 0 saturated heterocycles. The first kappa shape index (κ1) is 11.9. The summed E-state index contributed by atoms with van der Waals surface area (Å²) in [5, 5.41) is 12.4. The highest BCUT2D eigenvalue weighted by molar-refractivity contribution is 7.09. The number of carboxylic acid groups (broad SMARTS) is 1. The number of hydrogen-bond donors (Lipinski definition) is 2. The number of aryl methyl sites for hydroxylation is 1. The molecule has 6 heteroatoms. The fraction of sp³-hybridized carbons (Fsp3) is 0.667. The van der Waals surface area contributed by atoms with Crippen LogP contribution in [0.3, 0.4) is 0 Å². The monoisotopic (exact) mass is 229 g/mol. The first-order chi connectivity index (χ1) is 6.99. The summed E-state index contributed by atoms with van der Waals surface area (Å²) in [5.41, 5.74) is 0. The summed E-state index contributed by atoms with van der Waals surface area (Å²) in [6, 6.07) is -0.586. The Morgan fingerprint density at radius 2 is 2.27 bits per heavy atom. The molecule has 0 amide bonds. The molecule has 1 aromatic rings. The summed E-state index contributed by atoms with van der Waals surface area (Å²) >= 11 is 1.19. The lowest BCUT2D eigenvalue weighted by molar-refractivity contribution is -0.138. The maximum atomic E-state index is 10.9. The van der Waals surface area contributed by atoms with E-state index in [0.717, 1.165) is 0 Å². The van der Waals surface area contributed by atoms with Gasteiger partial charge < -0.3 is 10.4 Å². The highest BCUT2D eigenvalue weighted by atomic mass is 32.1. The van der Waals surface area contributed by atoms with E-state index in [9.17, 15) is 4.79 Å². The lowest BCUT2D eigenvalue weighted by Crippen LogP contribution is -2.30. The first-order valence-electron chi connectivity index (χ1n) is 4.78. The van der Waals surface area contributed by atoms with Crippen molar-refractivity contribution >= 4 is 22.6 Å². The van der Waals surface area contributed by atoms with Crippen molar-refractivity contribution in [1.29, 1.82) is 0 Å². The third-order valence-electron chi connectivity index (χ3n) is 1.83. The Balaban J connectivity index is 2.62. The van der Waals surface area contributed by atoms with Crippen LogP contribution < -0.4 is 5.32 Å². The van der Waals surface area contributed by atoms with Crippen molar-refractivity contribution in [3.63, 3.8) is 0 Å². The summed E-state index contributed by atoms with van der Waals surface area (Å²) in [7, 11) is 0. The van der Waals surface area contributed by atoms with Crippen LogP contribution in [0.15, 0.2) is 0 Å². The van der Waals surface area contributed by atoms with E-state index in [-0.39, 0.29) is 0 Å². The van der Waals surface area contributed by atoms with Crippen LogP contribution in [-0.4, -0.2) is 26.5 Å². The minimum absolute atomic E-state index is 0.326. The van der Waals surface area contributed by atoms with Crippen molar-refractivity contribution in [3.05, 3.63) is 5.82 Å². The van der Waals surface area contributed by atoms with Gasteiger partial charge in [0.2, 0.25) is 5.13 Å². The summed E-state index contributed by atoms with van der Waals surface area (Å²) < 4.78 is 3.98. The Hall–Kier alpha value is -1.17. The van der Waals surface area contributed by atoms with Crippen LogP contribution in [0.2, 0.25) is 0 Å². The molecule has 15 heavy (non-hydrogen) atoms. The van der Waals surface area contributed by atoms with E-state index in [2.05, 4.69) is 14.7 Å². The molecule has 0 aliphatic rings. The summed E-state index contributed by atoms with van der Waals surface area (Å²) in [6.45, 7) is 5.76. The minimum atomic E-state index is -0.850. The zero-order chi connectivity index (χ0) is 11.4. The zero-order valence-corrected chi connectivity index (χ0v) is 9.84. The molecule has 0 aliphatic heterocycles. The molecule has 0 unspecified atom stereocenters. The van der Waals surface area contributed by atoms with Gasteiger partial charge in [-0.15, -0.1) is 0 Å². The fourth-order valence-electron chi connectivity index (χ4n) is 1.20. The standard InChI is InChI=1S/C9H15N3O2S/c1-5(2)4-7(8(13)14)11-9-10-6(3)12-15-9/h5,7H,4H2,1-3H3,(H,13,14)(H,10,11,12)/t7-/m1/s1. The molecule has 1 aromatic heterocycles. The van der Waals surface area contributed by atoms with Crippen LogP contribution in [0, 0.1) is 12.8 Å². The molecule has 0 bridgehead atoms. The zero-order valence-electron chi connectivity index (χ0n) is 9.02. The Morgan fingerprint density at radius 1 is 1.60 bits per heavy atom. The molecule has 2 N–H and O–H groups in total. The molecule has 0 spiro atoms. The molecule has 84 valence electrons. The molecule has 0 aliphatic carbocycles. The highest BCUT2D eigenvalue weighted by Gasteiger charge is 2.19. The Morgan fingerprint density at radius 3 is 2.67 bits per heavy atom. The molecule has 5 nitrogen and oxygen atoms in total. The molecule has 0 radical (unpaired) electrons. The number of hydrogen-bond acceptors (Lipinski definition) is 5. The van der Waals surface area contributed by atoms with Gasteiger partial charge in [-0.1, -0.05) is 13.8 Å². The van der Waals surface area contributed by atoms with E-state index in [1.807, 2.05) is 13.8 Å². The second-order valence-electron chi connectivity index (χ2n) is 3.81. The van der Waals surface area contributed by atoms with Gasteiger partial charge in [0.1, 0.15) is 11.9 Å². The van der Waals surface area contributed by atoms with E-state index < -0.39 is 12.0 Å². The van der Waals surface area contributed by atoms with Gasteiger partial charge in [0.15, 0.2) is 0 Å². The Kier molecular flexibility index (Phi) is 4.02. The molecule has 1 rings (SSSR count). The second-order valence-corrected chi connectivity index (χ2v) is 4.56. The van der Waals surface area contributed by atoms with Crippen LogP contribution in [0.1, 0.15) is 26.1 Å². The van der Waals surface area contributed by atoms with Crippen LogP contribution in [0.4, 0.5) is 5.13 Å². The quantitative estimate of drug-likeness (QED) is 0.804. The molecule has 0 saturated carbocycles. The van der Waals surface area contributed by atoms with Gasteiger partial charge in [0.05, 0.1) is 0 Å². The second kappa shape index (κ2) is 5.06. The lowest BCUT2D eigenvalue weighted by Gasteiger charge is -2.14. The Labute approximate surface area is 92.7 Å². The summed E-state index contributed by atoms with van der Waals surface area (Å²) in [5.74, 6) is 0.139. The number of nitrogens with one attached hydrogen (secondary N) is 1. The van der Waals surface area contributed by atoms with E-state index in [4.69, 9.17) is 5.11 Å². The molecule has 0 fully saturated rings. The third-order valence-corrected chi connectivity index (χ3v) is 2.57. The predicted molar refractivity (Wildman–Crippen MR) is 59.1 cm³/mol. The van der Waals surface area contributed by atoms with Gasteiger partial charge in [-0.2, -0.15) is 4.37 Å². The topological polar surface area (TPSA) is 75.1 Å². The summed E-state index contributed by atoms with van der Waals surface area (Å²) in [4.78, 5) is 15.0. The van der Waals surface area contributed by atoms with Gasteiger partial charge in [-0.3, -0.25) is 0 Å².